The predicted octanol–water partition coefficient (Wildman–Crippen LogP) is 19.0. The fourth-order valence-corrected chi connectivity index (χ4v) is 9.26. The fraction of sp³-hybridized carbons (Fsp3) is 0.300. The summed E-state index contributed by atoms with van der Waals surface area (Å²) in [7, 11) is 0. The topological polar surface area (TPSA) is 0 Å². The second-order valence-electron chi connectivity index (χ2n) is 22.1. The quantitative estimate of drug-likeness (QED) is 0.122. The number of fused-ring (bicyclic) bond motifs is 3. The Morgan fingerprint density at radius 2 is 0.697 bits per heavy atom. The maximum Gasteiger partial charge on any atom is 0.416 e. The van der Waals surface area contributed by atoms with Gasteiger partial charge in [0.2, 0.25) is 0 Å². The van der Waals surface area contributed by atoms with Gasteiger partial charge in [0.15, 0.2) is 0 Å². The molecule has 0 fully saturated rings. The second kappa shape index (κ2) is 15.9. The predicted molar refractivity (Wildman–Crippen MR) is 266 cm³/mol. The summed E-state index contributed by atoms with van der Waals surface area (Å²) in [6.07, 6.45) is -9.28. The van der Waals surface area contributed by atoms with Crippen molar-refractivity contribution in [2.75, 3.05) is 0 Å². The molecule has 0 atom stereocenters. The van der Waals surface area contributed by atoms with Crippen LogP contribution in [0.5, 0.6) is 0 Å². The van der Waals surface area contributed by atoms with Crippen LogP contribution in [0.4, 0.5) is 26.3 Å². The van der Waals surface area contributed by atoms with Crippen molar-refractivity contribution < 1.29 is 26.3 Å². The zero-order valence-electron chi connectivity index (χ0n) is 40.0. The summed E-state index contributed by atoms with van der Waals surface area (Å²) in [5.74, 6) is 0. The van der Waals surface area contributed by atoms with E-state index in [4.69, 9.17) is 0 Å². The lowest BCUT2D eigenvalue weighted by Crippen LogP contribution is -2.12. The van der Waals surface area contributed by atoms with E-state index in [1.165, 1.54) is 24.3 Å². The monoisotopic (exact) mass is 892 g/mol. The number of hydrogen-bond donors (Lipinski definition) is 0. The van der Waals surface area contributed by atoms with Crippen LogP contribution in [0.2, 0.25) is 0 Å². The van der Waals surface area contributed by atoms with Gasteiger partial charge < -0.3 is 0 Å². The van der Waals surface area contributed by atoms with Gasteiger partial charge in [0.25, 0.3) is 0 Å². The molecule has 0 aliphatic rings. The van der Waals surface area contributed by atoms with Crippen LogP contribution in [0.25, 0.3) is 76.8 Å². The van der Waals surface area contributed by atoms with Gasteiger partial charge in [-0.15, -0.1) is 0 Å². The normalized spacial score (nSPS) is 13.3. The van der Waals surface area contributed by atoms with E-state index in [9.17, 15) is 26.3 Å². The van der Waals surface area contributed by atoms with Gasteiger partial charge in [0.1, 0.15) is 0 Å². The number of rotatable bonds is 4. The Morgan fingerprint density at radius 3 is 1.15 bits per heavy atom. The molecule has 0 saturated heterocycles. The first-order valence-corrected chi connectivity index (χ1v) is 22.6. The Labute approximate surface area is 385 Å². The summed E-state index contributed by atoms with van der Waals surface area (Å²) in [6.45, 7) is 25.6. The summed E-state index contributed by atoms with van der Waals surface area (Å²) < 4.78 is 89.2. The largest absolute Gasteiger partial charge is 0.416 e. The van der Waals surface area contributed by atoms with Gasteiger partial charge in [-0.05, 0) is 163 Å². The van der Waals surface area contributed by atoms with E-state index < -0.39 is 28.9 Å². The van der Waals surface area contributed by atoms with Gasteiger partial charge in [-0.1, -0.05) is 174 Å². The van der Waals surface area contributed by atoms with Gasteiger partial charge >= 0.3 is 12.4 Å². The fourth-order valence-electron chi connectivity index (χ4n) is 9.26. The molecule has 0 saturated carbocycles. The highest BCUT2D eigenvalue weighted by Crippen LogP contribution is 2.54. The third-order valence-electron chi connectivity index (χ3n) is 13.1. The minimum atomic E-state index is -4.64. The first kappa shape index (κ1) is 46.6. The van der Waals surface area contributed by atoms with E-state index in [2.05, 4.69) is 168 Å². The molecule has 0 nitrogen and oxygen atoms in total. The van der Waals surface area contributed by atoms with E-state index in [-0.39, 0.29) is 16.2 Å². The van der Waals surface area contributed by atoms with Crippen molar-refractivity contribution in [1.82, 2.24) is 0 Å². The number of halogens is 6. The Hall–Kier alpha value is -5.88. The van der Waals surface area contributed by atoms with Gasteiger partial charge in [-0.2, -0.15) is 26.3 Å². The lowest BCUT2D eigenvalue weighted by Gasteiger charge is -2.28. The molecule has 0 heterocycles. The van der Waals surface area contributed by atoms with E-state index in [0.29, 0.717) is 43.8 Å². The average Bonchev–Trinajstić information content (AvgIpc) is 3.22. The van der Waals surface area contributed by atoms with Crippen LogP contribution in [0, 0.1) is 0 Å². The van der Waals surface area contributed by atoms with Gasteiger partial charge in [-0.25, -0.2) is 0 Å². The number of benzene rings is 8. The van der Waals surface area contributed by atoms with Crippen molar-refractivity contribution in [3.63, 3.8) is 0 Å². The highest BCUT2D eigenvalue weighted by molar-refractivity contribution is 6.31. The van der Waals surface area contributed by atoms with Gasteiger partial charge in [0.05, 0.1) is 11.1 Å². The molecule has 8 rings (SSSR count). The van der Waals surface area contributed by atoms with Crippen LogP contribution in [0.3, 0.4) is 0 Å². The zero-order chi connectivity index (χ0) is 48.1. The Kier molecular flexibility index (Phi) is 11.2. The summed E-state index contributed by atoms with van der Waals surface area (Å²) in [4.78, 5) is 0. The highest BCUT2D eigenvalue weighted by atomic mass is 19.4. The third kappa shape index (κ3) is 8.76. The minimum absolute atomic E-state index is 0.154. The maximum absolute atomic E-state index is 14.9. The lowest BCUT2D eigenvalue weighted by atomic mass is 9.75. The summed E-state index contributed by atoms with van der Waals surface area (Å²) in [5, 5.41) is 4.36. The molecule has 340 valence electrons. The Balaban J connectivity index is 1.74. The summed E-state index contributed by atoms with van der Waals surface area (Å²) >= 11 is 0. The molecule has 8 aromatic carbocycles. The molecular weight excluding hydrogens is 835 g/mol. The first-order chi connectivity index (χ1) is 30.5. The molecule has 6 heteroatoms. The second-order valence-corrected chi connectivity index (χ2v) is 22.1. The Morgan fingerprint density at radius 1 is 0.288 bits per heavy atom. The molecule has 66 heavy (non-hydrogen) atoms. The molecule has 0 aliphatic carbocycles. The van der Waals surface area contributed by atoms with E-state index in [1.807, 2.05) is 0 Å². The van der Waals surface area contributed by atoms with E-state index in [0.717, 1.165) is 67.4 Å². The van der Waals surface area contributed by atoms with Crippen LogP contribution in [0.1, 0.15) is 116 Å². The van der Waals surface area contributed by atoms with E-state index >= 15 is 0 Å². The van der Waals surface area contributed by atoms with Crippen LogP contribution in [-0.2, 0) is 34.0 Å². The molecule has 0 radical (unpaired) electrons. The third-order valence-corrected chi connectivity index (χ3v) is 13.1. The van der Waals surface area contributed by atoms with Crippen molar-refractivity contribution in [3.05, 3.63) is 167 Å². The molecule has 0 spiro atoms. The van der Waals surface area contributed by atoms with Crippen molar-refractivity contribution in [2.24, 2.45) is 0 Å². The number of hydrogen-bond acceptors (Lipinski definition) is 0. The SMILES string of the molecule is CC(C)(C)c1ccc(-c2cc(C(C)(C)C)cc3c(-c4cccc(C(F)(F)F)c4)c4c(-c5ccc(C(C)(C)C)cc5)c5ccc(C(C)(C)C)cc5cc4c(-c4cccc(C(F)(F)F)c4)c23)cc1. The van der Waals surface area contributed by atoms with Crippen LogP contribution < -0.4 is 0 Å². The van der Waals surface area contributed by atoms with Crippen molar-refractivity contribution >= 4 is 32.3 Å². The van der Waals surface area contributed by atoms with Gasteiger partial charge in [0, 0.05) is 0 Å². The molecule has 0 aliphatic heterocycles. The van der Waals surface area contributed by atoms with Crippen LogP contribution >= 0.6 is 0 Å². The smallest absolute Gasteiger partial charge is 0.166 e. The minimum Gasteiger partial charge on any atom is -0.166 e. The zero-order valence-corrected chi connectivity index (χ0v) is 40.0. The van der Waals surface area contributed by atoms with Crippen molar-refractivity contribution in [1.29, 1.82) is 0 Å². The molecule has 0 amide bonds. The average molecular weight is 893 g/mol. The Bertz CT molecular complexity index is 3150. The van der Waals surface area contributed by atoms with Crippen LogP contribution in [-0.4, -0.2) is 0 Å². The lowest BCUT2D eigenvalue weighted by molar-refractivity contribution is -0.138. The van der Waals surface area contributed by atoms with Crippen molar-refractivity contribution in [3.8, 4) is 44.5 Å². The molecule has 0 bridgehead atoms. The molecule has 8 aromatic rings. The van der Waals surface area contributed by atoms with Crippen LogP contribution in [0.15, 0.2) is 133 Å². The number of alkyl halides is 6. The van der Waals surface area contributed by atoms with Gasteiger partial charge in [-0.3, -0.25) is 0 Å². The molecule has 0 N–H and O–H groups in total. The highest BCUT2D eigenvalue weighted by Gasteiger charge is 2.34. The molecular formula is C60H58F6. The molecule has 0 aromatic heterocycles. The summed E-state index contributed by atoms with van der Waals surface area (Å²) in [5.41, 5.74) is 6.75. The standard InChI is InChI=1S/C60H58F6/c1-55(2,3)40-23-19-35(20-24-40)47-33-45(58(10,11)12)34-49-52(38-16-14-18-44(30-38)60(64,65)66)54-48(51(53(47)49)37-15-13-17-43(29-37)59(61,62)63)32-39-31-42(57(7,8)9)27-28-46(39)50(54)36-21-25-41(26-22-36)56(4,5)6/h13-34H,1-12H3. The van der Waals surface area contributed by atoms with Crippen molar-refractivity contribution in [2.45, 2.75) is 117 Å². The molecule has 0 unspecified atom stereocenters. The maximum atomic E-state index is 14.9. The first-order valence-electron chi connectivity index (χ1n) is 22.6. The van der Waals surface area contributed by atoms with E-state index in [1.54, 1.807) is 12.1 Å². The summed E-state index contributed by atoms with van der Waals surface area (Å²) in [6, 6.07) is 40.2.